The first-order valence-corrected chi connectivity index (χ1v) is 6.28. The lowest BCUT2D eigenvalue weighted by atomic mass is 9.99. The summed E-state index contributed by atoms with van der Waals surface area (Å²) in [5.41, 5.74) is 0.0858. The Kier molecular flexibility index (Phi) is 3.96. The van der Waals surface area contributed by atoms with E-state index in [1.807, 2.05) is 0 Å². The molecule has 0 saturated carbocycles. The number of aryl methyl sites for hydroxylation is 1. The van der Waals surface area contributed by atoms with Crippen molar-refractivity contribution in [3.8, 4) is 0 Å². The third-order valence-corrected chi connectivity index (χ3v) is 3.27. The summed E-state index contributed by atoms with van der Waals surface area (Å²) in [6.07, 6.45) is -1.48. The summed E-state index contributed by atoms with van der Waals surface area (Å²) < 4.78 is 40.8. The Bertz CT molecular complexity index is 605. The van der Waals surface area contributed by atoms with Gasteiger partial charge >= 0.3 is 0 Å². The summed E-state index contributed by atoms with van der Waals surface area (Å²) in [7, 11) is 0. The second kappa shape index (κ2) is 5.35. The van der Waals surface area contributed by atoms with Crippen molar-refractivity contribution in [1.82, 2.24) is 0 Å². The SMILES string of the molecule is Cc1cc(C(O)c2c(F)cc(Br)cc2F)ccc1F. The normalized spacial score (nSPS) is 12.5. The first kappa shape index (κ1) is 14.1. The first-order valence-electron chi connectivity index (χ1n) is 5.48. The van der Waals surface area contributed by atoms with Crippen LogP contribution in [0.3, 0.4) is 0 Å². The van der Waals surface area contributed by atoms with Crippen molar-refractivity contribution in [2.75, 3.05) is 0 Å². The summed E-state index contributed by atoms with van der Waals surface area (Å²) in [6, 6.07) is 5.95. The van der Waals surface area contributed by atoms with Crippen molar-refractivity contribution in [2.24, 2.45) is 0 Å². The van der Waals surface area contributed by atoms with E-state index in [9.17, 15) is 18.3 Å². The summed E-state index contributed by atoms with van der Waals surface area (Å²) in [5.74, 6) is -2.16. The average Bonchev–Trinajstić information content (AvgIpc) is 2.31. The molecule has 0 saturated heterocycles. The summed E-state index contributed by atoms with van der Waals surface area (Å²) >= 11 is 2.96. The fourth-order valence-electron chi connectivity index (χ4n) is 1.82. The summed E-state index contributed by atoms with van der Waals surface area (Å²) in [6.45, 7) is 1.51. The minimum absolute atomic E-state index is 0.235. The maximum Gasteiger partial charge on any atom is 0.133 e. The van der Waals surface area contributed by atoms with Crippen molar-refractivity contribution in [3.05, 3.63) is 68.9 Å². The van der Waals surface area contributed by atoms with Crippen LogP contribution in [0.1, 0.15) is 22.8 Å². The van der Waals surface area contributed by atoms with E-state index in [1.54, 1.807) is 0 Å². The lowest BCUT2D eigenvalue weighted by Gasteiger charge is -2.14. The molecule has 0 amide bonds. The van der Waals surface area contributed by atoms with Crippen LogP contribution in [-0.4, -0.2) is 5.11 Å². The molecule has 2 aromatic rings. The third kappa shape index (κ3) is 2.82. The molecule has 1 unspecified atom stereocenters. The van der Waals surface area contributed by atoms with Gasteiger partial charge in [-0.05, 0) is 36.2 Å². The van der Waals surface area contributed by atoms with Crippen molar-refractivity contribution in [2.45, 2.75) is 13.0 Å². The molecule has 0 aliphatic rings. The molecule has 2 rings (SSSR count). The topological polar surface area (TPSA) is 20.2 Å². The Morgan fingerprint density at radius 2 is 1.58 bits per heavy atom. The molecular formula is C14H10BrF3O. The van der Waals surface area contributed by atoms with E-state index in [1.165, 1.54) is 19.1 Å². The van der Waals surface area contributed by atoms with Crippen LogP contribution >= 0.6 is 15.9 Å². The highest BCUT2D eigenvalue weighted by molar-refractivity contribution is 9.10. The van der Waals surface area contributed by atoms with Crippen molar-refractivity contribution in [1.29, 1.82) is 0 Å². The zero-order valence-electron chi connectivity index (χ0n) is 9.92. The number of rotatable bonds is 2. The van der Waals surface area contributed by atoms with Gasteiger partial charge in [-0.15, -0.1) is 0 Å². The Labute approximate surface area is 116 Å². The van der Waals surface area contributed by atoms with Crippen molar-refractivity contribution < 1.29 is 18.3 Å². The number of hydrogen-bond acceptors (Lipinski definition) is 1. The molecule has 0 fully saturated rings. The van der Waals surface area contributed by atoms with Gasteiger partial charge in [0, 0.05) is 4.47 Å². The van der Waals surface area contributed by atoms with E-state index in [-0.39, 0.29) is 10.0 Å². The average molecular weight is 331 g/mol. The van der Waals surface area contributed by atoms with Crippen molar-refractivity contribution >= 4 is 15.9 Å². The Hall–Kier alpha value is -1.33. The second-order valence-corrected chi connectivity index (χ2v) is 5.11. The van der Waals surface area contributed by atoms with Crippen LogP contribution in [0.15, 0.2) is 34.8 Å². The second-order valence-electron chi connectivity index (χ2n) is 4.19. The van der Waals surface area contributed by atoms with Gasteiger partial charge in [0.25, 0.3) is 0 Å². The van der Waals surface area contributed by atoms with Gasteiger partial charge in [0.05, 0.1) is 5.56 Å². The largest absolute Gasteiger partial charge is 0.383 e. The van der Waals surface area contributed by atoms with Crippen LogP contribution in [0.4, 0.5) is 13.2 Å². The lowest BCUT2D eigenvalue weighted by molar-refractivity contribution is 0.209. The minimum atomic E-state index is -1.48. The van der Waals surface area contributed by atoms with E-state index in [0.717, 1.165) is 18.2 Å². The van der Waals surface area contributed by atoms with Gasteiger partial charge in [-0.25, -0.2) is 13.2 Å². The molecule has 0 aliphatic heterocycles. The van der Waals surface area contributed by atoms with E-state index in [2.05, 4.69) is 15.9 Å². The molecule has 1 nitrogen and oxygen atoms in total. The highest BCUT2D eigenvalue weighted by Gasteiger charge is 2.21. The van der Waals surface area contributed by atoms with Gasteiger partial charge in [0.2, 0.25) is 0 Å². The lowest BCUT2D eigenvalue weighted by Crippen LogP contribution is -2.06. The Morgan fingerprint density at radius 1 is 1.00 bits per heavy atom. The highest BCUT2D eigenvalue weighted by atomic mass is 79.9. The van der Waals surface area contributed by atoms with Gasteiger partial charge in [-0.2, -0.15) is 0 Å². The maximum absolute atomic E-state index is 13.7. The van der Waals surface area contributed by atoms with Crippen LogP contribution in [0.25, 0.3) is 0 Å². The molecule has 100 valence electrons. The molecule has 0 heterocycles. The standard InChI is InChI=1S/C14H10BrF3O/c1-7-4-8(2-3-10(7)16)14(19)13-11(17)5-9(15)6-12(13)18/h2-6,14,19H,1H3. The van der Waals surface area contributed by atoms with Crippen LogP contribution < -0.4 is 0 Å². The monoisotopic (exact) mass is 330 g/mol. The van der Waals surface area contributed by atoms with Gasteiger partial charge < -0.3 is 5.11 Å². The predicted octanol–water partition coefficient (Wildman–Crippen LogP) is 4.26. The summed E-state index contributed by atoms with van der Waals surface area (Å²) in [4.78, 5) is 0. The van der Waals surface area contributed by atoms with E-state index >= 15 is 0 Å². The Morgan fingerprint density at radius 3 is 2.11 bits per heavy atom. The van der Waals surface area contributed by atoms with Crippen LogP contribution in [-0.2, 0) is 0 Å². The Balaban J connectivity index is 2.49. The molecular weight excluding hydrogens is 321 g/mol. The molecule has 0 aromatic heterocycles. The minimum Gasteiger partial charge on any atom is -0.383 e. The molecule has 1 N–H and O–H groups in total. The molecule has 0 spiro atoms. The zero-order valence-corrected chi connectivity index (χ0v) is 11.5. The first-order chi connectivity index (χ1) is 8.90. The fraction of sp³-hybridized carbons (Fsp3) is 0.143. The van der Waals surface area contributed by atoms with Gasteiger partial charge in [0.15, 0.2) is 0 Å². The quantitative estimate of drug-likeness (QED) is 0.872. The number of benzene rings is 2. The van der Waals surface area contributed by atoms with E-state index < -0.39 is 29.1 Å². The molecule has 1 atom stereocenters. The van der Waals surface area contributed by atoms with Gasteiger partial charge in [-0.1, -0.05) is 28.1 Å². The molecule has 0 radical (unpaired) electrons. The van der Waals surface area contributed by atoms with Gasteiger partial charge in [-0.3, -0.25) is 0 Å². The third-order valence-electron chi connectivity index (χ3n) is 2.82. The maximum atomic E-state index is 13.7. The predicted molar refractivity (Wildman–Crippen MR) is 69.3 cm³/mol. The number of halogens is 4. The molecule has 5 heteroatoms. The van der Waals surface area contributed by atoms with E-state index in [0.29, 0.717) is 5.56 Å². The van der Waals surface area contributed by atoms with Crippen LogP contribution in [0, 0.1) is 24.4 Å². The molecule has 2 aromatic carbocycles. The molecule has 19 heavy (non-hydrogen) atoms. The van der Waals surface area contributed by atoms with Crippen LogP contribution in [0.5, 0.6) is 0 Å². The van der Waals surface area contributed by atoms with Gasteiger partial charge in [0.1, 0.15) is 23.6 Å². The molecule has 0 bridgehead atoms. The smallest absolute Gasteiger partial charge is 0.133 e. The van der Waals surface area contributed by atoms with E-state index in [4.69, 9.17) is 0 Å². The number of aliphatic hydroxyl groups excluding tert-OH is 1. The highest BCUT2D eigenvalue weighted by Crippen LogP contribution is 2.29. The number of hydrogen-bond donors (Lipinski definition) is 1. The molecule has 0 aliphatic carbocycles. The fourth-order valence-corrected chi connectivity index (χ4v) is 2.22. The van der Waals surface area contributed by atoms with Crippen LogP contribution in [0.2, 0.25) is 0 Å². The summed E-state index contributed by atoms with van der Waals surface area (Å²) in [5, 5.41) is 10.0. The number of aliphatic hydroxyl groups is 1. The zero-order chi connectivity index (χ0) is 14.2. The van der Waals surface area contributed by atoms with Crippen molar-refractivity contribution in [3.63, 3.8) is 0 Å².